The van der Waals surface area contributed by atoms with Crippen LogP contribution >= 0.6 is 22.7 Å². The number of hydrazone groups is 1. The van der Waals surface area contributed by atoms with Gasteiger partial charge in [-0.15, -0.1) is 35.8 Å². The van der Waals surface area contributed by atoms with E-state index < -0.39 is 18.2 Å². The van der Waals surface area contributed by atoms with Gasteiger partial charge in [-0.25, -0.2) is 5.43 Å². The van der Waals surface area contributed by atoms with Crippen molar-refractivity contribution < 1.29 is 37.4 Å². The molecule has 0 saturated heterocycles. The second-order valence-corrected chi connectivity index (χ2v) is 10.4. The average molecular weight is 603 g/mol. The zero-order valence-corrected chi connectivity index (χ0v) is 22.7. The smallest absolute Gasteiger partial charge is 0.506 e. The minimum atomic E-state index is -4.81. The van der Waals surface area contributed by atoms with Crippen LogP contribution in [0.4, 0.5) is 13.2 Å². The molecule has 41 heavy (non-hydrogen) atoms. The molecule has 0 aliphatic heterocycles. The van der Waals surface area contributed by atoms with Gasteiger partial charge in [-0.05, 0) is 66.6 Å². The van der Waals surface area contributed by atoms with Crippen molar-refractivity contribution in [3.8, 4) is 21.9 Å². The van der Waals surface area contributed by atoms with Crippen LogP contribution < -0.4 is 21.2 Å². The van der Waals surface area contributed by atoms with Crippen molar-refractivity contribution in [2.45, 2.75) is 19.8 Å². The van der Waals surface area contributed by atoms with Crippen molar-refractivity contribution in [1.82, 2.24) is 10.7 Å². The number of alkyl halides is 3. The van der Waals surface area contributed by atoms with Gasteiger partial charge in [0.2, 0.25) is 5.91 Å². The fourth-order valence-electron chi connectivity index (χ4n) is 3.51. The van der Waals surface area contributed by atoms with E-state index in [0.29, 0.717) is 26.4 Å². The first-order valence-electron chi connectivity index (χ1n) is 11.7. The highest BCUT2D eigenvalue weighted by atomic mass is 32.1. The Hall–Kier alpha value is -4.69. The van der Waals surface area contributed by atoms with Crippen LogP contribution in [0.25, 0.3) is 10.4 Å². The number of hydrogen-bond donors (Lipinski definition) is 4. The average Bonchev–Trinajstić information content (AvgIpc) is 3.57. The molecule has 0 spiro atoms. The van der Waals surface area contributed by atoms with Crippen molar-refractivity contribution in [1.29, 1.82) is 0 Å². The minimum Gasteiger partial charge on any atom is -0.506 e. The lowest BCUT2D eigenvalue weighted by atomic mass is 10.1. The highest BCUT2D eigenvalue weighted by Crippen LogP contribution is 2.39. The van der Waals surface area contributed by atoms with Gasteiger partial charge in [0.1, 0.15) is 11.5 Å². The number of nitrogens with two attached hydrogens (primary N) is 1. The van der Waals surface area contributed by atoms with E-state index in [0.717, 1.165) is 40.4 Å². The molecule has 0 radical (unpaired) electrons. The maximum Gasteiger partial charge on any atom is 0.573 e. The Morgan fingerprint density at radius 1 is 0.976 bits per heavy atom. The third kappa shape index (κ3) is 7.49. The number of carbonyl (C=O) groups excluding carboxylic acids is 3. The summed E-state index contributed by atoms with van der Waals surface area (Å²) in [4.78, 5) is 37.2. The van der Waals surface area contributed by atoms with E-state index in [-0.39, 0.29) is 34.5 Å². The van der Waals surface area contributed by atoms with Crippen LogP contribution in [-0.4, -0.2) is 34.9 Å². The molecule has 14 heteroatoms. The number of hydrogen-bond acceptors (Lipinski definition) is 8. The molecule has 5 N–H and O–H groups in total. The SMILES string of the molecule is C/C(=N\NC(=O)c1ccc(C(=O)NCc2ccc(C(N)=O)cc2)s1)c1csc(-c2ccc(OC(F)(F)F)cc2)c1O. The van der Waals surface area contributed by atoms with E-state index in [9.17, 15) is 32.7 Å². The van der Waals surface area contributed by atoms with Crippen molar-refractivity contribution in [3.05, 3.63) is 92.5 Å². The quantitative estimate of drug-likeness (QED) is 0.153. The summed E-state index contributed by atoms with van der Waals surface area (Å²) in [5, 5.41) is 19.0. The van der Waals surface area contributed by atoms with Crippen molar-refractivity contribution in [2.75, 3.05) is 0 Å². The van der Waals surface area contributed by atoms with Gasteiger partial charge < -0.3 is 20.9 Å². The lowest BCUT2D eigenvalue weighted by molar-refractivity contribution is -0.274. The Morgan fingerprint density at radius 3 is 2.22 bits per heavy atom. The number of ether oxygens (including phenoxy) is 1. The van der Waals surface area contributed by atoms with Crippen LogP contribution in [0.1, 0.15) is 47.8 Å². The van der Waals surface area contributed by atoms with E-state index in [1.54, 1.807) is 36.6 Å². The normalized spacial score (nSPS) is 11.7. The van der Waals surface area contributed by atoms with Crippen LogP contribution in [0.3, 0.4) is 0 Å². The number of primary amides is 1. The first kappa shape index (κ1) is 29.3. The minimum absolute atomic E-state index is 0.144. The first-order valence-corrected chi connectivity index (χ1v) is 13.4. The van der Waals surface area contributed by atoms with Crippen LogP contribution in [0.15, 0.2) is 71.1 Å². The standard InChI is InChI=1S/C27H21F3N4O5S2/c1-14(19-13-40-23(22(19)35)16-6-8-18(9-7-16)39-27(28,29)30)33-34-26(38)21-11-10-20(41-21)25(37)32-12-15-2-4-17(5-3-15)24(31)36/h2-11,13,35H,12H2,1H3,(H2,31,36)(H,32,37)(H,34,38)/b33-14+. The predicted molar refractivity (Wildman–Crippen MR) is 148 cm³/mol. The number of thiophene rings is 2. The molecule has 4 rings (SSSR count). The molecule has 4 aromatic rings. The summed E-state index contributed by atoms with van der Waals surface area (Å²) in [6, 6.07) is 14.5. The van der Waals surface area contributed by atoms with E-state index in [1.807, 2.05) is 0 Å². The summed E-state index contributed by atoms with van der Waals surface area (Å²) in [5.74, 6) is -2.03. The Kier molecular flexibility index (Phi) is 8.74. The number of nitrogens with zero attached hydrogens (tertiary/aromatic N) is 1. The highest BCUT2D eigenvalue weighted by Gasteiger charge is 2.31. The summed E-state index contributed by atoms with van der Waals surface area (Å²) in [5.41, 5.74) is 9.80. The van der Waals surface area contributed by atoms with Crippen molar-refractivity contribution >= 4 is 46.1 Å². The molecular formula is C27H21F3N4O5S2. The van der Waals surface area contributed by atoms with E-state index >= 15 is 0 Å². The van der Waals surface area contributed by atoms with Gasteiger partial charge >= 0.3 is 6.36 Å². The largest absolute Gasteiger partial charge is 0.573 e. The predicted octanol–water partition coefficient (Wildman–Crippen LogP) is 5.26. The fourth-order valence-corrected chi connectivity index (χ4v) is 5.33. The van der Waals surface area contributed by atoms with Crippen LogP contribution in [-0.2, 0) is 6.54 Å². The molecule has 0 bridgehead atoms. The second-order valence-electron chi connectivity index (χ2n) is 8.45. The summed E-state index contributed by atoms with van der Waals surface area (Å²) in [6.07, 6.45) is -4.81. The van der Waals surface area contributed by atoms with Gasteiger partial charge in [0, 0.05) is 17.5 Å². The highest BCUT2D eigenvalue weighted by molar-refractivity contribution is 7.16. The molecule has 0 atom stereocenters. The number of aromatic hydroxyl groups is 1. The molecule has 0 saturated carbocycles. The van der Waals surface area contributed by atoms with Crippen LogP contribution in [0.2, 0.25) is 0 Å². The van der Waals surface area contributed by atoms with Gasteiger partial charge in [-0.1, -0.05) is 12.1 Å². The number of benzene rings is 2. The fraction of sp³-hybridized carbons (Fsp3) is 0.111. The Bertz CT molecular complexity index is 1610. The van der Waals surface area contributed by atoms with Gasteiger partial charge in [0.25, 0.3) is 11.8 Å². The van der Waals surface area contributed by atoms with Crippen LogP contribution in [0.5, 0.6) is 11.5 Å². The third-order valence-electron chi connectivity index (χ3n) is 5.57. The second kappa shape index (κ2) is 12.2. The van der Waals surface area contributed by atoms with Crippen molar-refractivity contribution in [2.24, 2.45) is 10.8 Å². The molecule has 9 nitrogen and oxygen atoms in total. The third-order valence-corrected chi connectivity index (χ3v) is 7.68. The Labute approximate surface area is 239 Å². The topological polar surface area (TPSA) is 143 Å². The maximum atomic E-state index is 12.6. The summed E-state index contributed by atoms with van der Waals surface area (Å²) < 4.78 is 41.0. The lowest BCUT2D eigenvalue weighted by Crippen LogP contribution is -2.22. The molecule has 2 aromatic heterocycles. The van der Waals surface area contributed by atoms with Gasteiger partial charge in [-0.3, -0.25) is 14.4 Å². The molecule has 3 amide bonds. The molecule has 2 aromatic carbocycles. The zero-order valence-electron chi connectivity index (χ0n) is 21.1. The molecular weight excluding hydrogens is 581 g/mol. The number of rotatable bonds is 9. The summed E-state index contributed by atoms with van der Waals surface area (Å²) >= 11 is 2.11. The summed E-state index contributed by atoms with van der Waals surface area (Å²) in [7, 11) is 0. The molecule has 212 valence electrons. The lowest BCUT2D eigenvalue weighted by Gasteiger charge is -2.09. The number of nitrogens with one attached hydrogen (secondary N) is 2. The van der Waals surface area contributed by atoms with Crippen LogP contribution in [0, 0.1) is 0 Å². The number of halogens is 3. The monoisotopic (exact) mass is 602 g/mol. The van der Waals surface area contributed by atoms with E-state index in [1.165, 1.54) is 24.3 Å². The number of amides is 3. The van der Waals surface area contributed by atoms with E-state index in [2.05, 4.69) is 20.6 Å². The molecule has 0 fully saturated rings. The van der Waals surface area contributed by atoms with Gasteiger partial charge in [0.15, 0.2) is 0 Å². The zero-order chi connectivity index (χ0) is 29.7. The number of carbonyl (C=O) groups is 3. The molecule has 0 aliphatic carbocycles. The Morgan fingerprint density at radius 2 is 1.61 bits per heavy atom. The first-order chi connectivity index (χ1) is 19.4. The van der Waals surface area contributed by atoms with Gasteiger partial charge in [0.05, 0.1) is 25.9 Å². The van der Waals surface area contributed by atoms with E-state index in [4.69, 9.17) is 5.73 Å². The van der Waals surface area contributed by atoms with Gasteiger partial charge in [-0.2, -0.15) is 5.10 Å². The molecule has 2 heterocycles. The maximum absolute atomic E-state index is 12.6. The summed E-state index contributed by atoms with van der Waals surface area (Å²) in [6.45, 7) is 1.77. The molecule has 0 aliphatic rings. The molecule has 0 unspecified atom stereocenters. The Balaban J connectivity index is 1.35. The van der Waals surface area contributed by atoms with Crippen molar-refractivity contribution in [3.63, 3.8) is 0 Å².